The van der Waals surface area contributed by atoms with E-state index in [-0.39, 0.29) is 6.61 Å². The van der Waals surface area contributed by atoms with Crippen LogP contribution in [0.4, 0.5) is 0 Å². The number of piperidine rings is 1. The summed E-state index contributed by atoms with van der Waals surface area (Å²) < 4.78 is 0. The summed E-state index contributed by atoms with van der Waals surface area (Å²) in [6.45, 7) is 5.27. The van der Waals surface area contributed by atoms with Gasteiger partial charge in [-0.15, -0.1) is 0 Å². The van der Waals surface area contributed by atoms with Crippen LogP contribution < -0.4 is 0 Å². The van der Waals surface area contributed by atoms with E-state index in [0.29, 0.717) is 5.92 Å². The van der Waals surface area contributed by atoms with Gasteiger partial charge in [-0.25, -0.2) is 9.97 Å². The van der Waals surface area contributed by atoms with Crippen molar-refractivity contribution < 1.29 is 5.11 Å². The number of aryl methyl sites for hydroxylation is 1. The van der Waals surface area contributed by atoms with Crippen molar-refractivity contribution >= 4 is 0 Å². The normalized spacial score (nSPS) is 18.9. The van der Waals surface area contributed by atoms with Gasteiger partial charge in [0.2, 0.25) is 0 Å². The molecule has 88 valence electrons. The van der Waals surface area contributed by atoms with Crippen molar-refractivity contribution in [2.45, 2.75) is 25.7 Å². The lowest BCUT2D eigenvalue weighted by atomic mass is 9.91. The highest BCUT2D eigenvalue weighted by atomic mass is 16.3. The molecule has 0 aliphatic carbocycles. The summed E-state index contributed by atoms with van der Waals surface area (Å²) in [5.41, 5.74) is 2.40. The summed E-state index contributed by atoms with van der Waals surface area (Å²) in [5.74, 6) is 0.568. The Labute approximate surface area is 96.3 Å². The van der Waals surface area contributed by atoms with E-state index in [4.69, 9.17) is 5.11 Å². The number of aromatic nitrogens is 2. The minimum Gasteiger partial charge on any atom is -0.395 e. The van der Waals surface area contributed by atoms with E-state index in [1.807, 2.05) is 6.20 Å². The second-order valence-corrected chi connectivity index (χ2v) is 4.43. The number of hydrogen-bond acceptors (Lipinski definition) is 4. The number of rotatable bonds is 3. The van der Waals surface area contributed by atoms with Gasteiger partial charge in [0, 0.05) is 24.4 Å². The van der Waals surface area contributed by atoms with E-state index >= 15 is 0 Å². The van der Waals surface area contributed by atoms with Gasteiger partial charge in [-0.2, -0.15) is 0 Å². The minimum absolute atomic E-state index is 0.261. The monoisotopic (exact) mass is 221 g/mol. The largest absolute Gasteiger partial charge is 0.395 e. The molecule has 0 bridgehead atoms. The summed E-state index contributed by atoms with van der Waals surface area (Å²) in [7, 11) is 0. The lowest BCUT2D eigenvalue weighted by Crippen LogP contribution is -2.35. The molecule has 16 heavy (non-hydrogen) atoms. The highest BCUT2D eigenvalue weighted by Gasteiger charge is 2.22. The molecule has 1 aliphatic rings. The van der Waals surface area contributed by atoms with Crippen LogP contribution in [0.3, 0.4) is 0 Å². The molecule has 1 fully saturated rings. The third-order valence-corrected chi connectivity index (χ3v) is 3.33. The van der Waals surface area contributed by atoms with E-state index in [1.165, 1.54) is 11.3 Å². The van der Waals surface area contributed by atoms with Crippen LogP contribution in [0.1, 0.15) is 30.0 Å². The molecule has 4 heteroatoms. The summed E-state index contributed by atoms with van der Waals surface area (Å²) in [4.78, 5) is 10.7. The van der Waals surface area contributed by atoms with Gasteiger partial charge < -0.3 is 10.0 Å². The fourth-order valence-corrected chi connectivity index (χ4v) is 2.41. The number of aliphatic hydroxyl groups is 1. The van der Waals surface area contributed by atoms with Crippen molar-refractivity contribution in [1.29, 1.82) is 0 Å². The Bertz CT molecular complexity index is 335. The summed E-state index contributed by atoms with van der Waals surface area (Å²) in [5, 5.41) is 8.88. The van der Waals surface area contributed by atoms with Gasteiger partial charge >= 0.3 is 0 Å². The Kier molecular flexibility index (Phi) is 3.85. The van der Waals surface area contributed by atoms with Crippen LogP contribution in [0.25, 0.3) is 0 Å². The molecule has 0 aromatic carbocycles. The van der Waals surface area contributed by atoms with Gasteiger partial charge in [0.05, 0.1) is 6.61 Å². The van der Waals surface area contributed by atoms with Gasteiger partial charge in [0.15, 0.2) is 0 Å². The Morgan fingerprint density at radius 2 is 2.19 bits per heavy atom. The number of hydrogen-bond donors (Lipinski definition) is 1. The lowest BCUT2D eigenvalue weighted by molar-refractivity contribution is 0.163. The van der Waals surface area contributed by atoms with Crippen LogP contribution in [-0.4, -0.2) is 46.2 Å². The van der Waals surface area contributed by atoms with Crippen molar-refractivity contribution in [2.24, 2.45) is 0 Å². The molecule has 0 radical (unpaired) electrons. The van der Waals surface area contributed by atoms with Crippen molar-refractivity contribution in [1.82, 2.24) is 14.9 Å². The maximum Gasteiger partial charge on any atom is 0.115 e. The zero-order valence-corrected chi connectivity index (χ0v) is 9.76. The number of aliphatic hydroxyl groups excluding tert-OH is 1. The van der Waals surface area contributed by atoms with Crippen molar-refractivity contribution in [3.8, 4) is 0 Å². The molecular weight excluding hydrogens is 202 g/mol. The van der Waals surface area contributed by atoms with Gasteiger partial charge in [-0.1, -0.05) is 0 Å². The summed E-state index contributed by atoms with van der Waals surface area (Å²) in [6.07, 6.45) is 5.81. The van der Waals surface area contributed by atoms with Gasteiger partial charge in [0.25, 0.3) is 0 Å². The lowest BCUT2D eigenvalue weighted by Gasteiger charge is -2.31. The second kappa shape index (κ2) is 5.37. The van der Waals surface area contributed by atoms with Crippen LogP contribution in [0, 0.1) is 6.92 Å². The predicted octanol–water partition coefficient (Wildman–Crippen LogP) is 0.957. The number of nitrogens with zero attached hydrogens (tertiary/aromatic N) is 3. The molecule has 0 unspecified atom stereocenters. The smallest absolute Gasteiger partial charge is 0.115 e. The first-order valence-corrected chi connectivity index (χ1v) is 5.91. The van der Waals surface area contributed by atoms with Crippen LogP contribution >= 0.6 is 0 Å². The summed E-state index contributed by atoms with van der Waals surface area (Å²) >= 11 is 0. The predicted molar refractivity (Wildman–Crippen MR) is 62.3 cm³/mol. The third-order valence-electron chi connectivity index (χ3n) is 3.33. The molecule has 2 heterocycles. The first-order chi connectivity index (χ1) is 7.81. The molecule has 2 rings (SSSR count). The minimum atomic E-state index is 0.261. The highest BCUT2D eigenvalue weighted by molar-refractivity contribution is 5.18. The number of likely N-dealkylation sites (tertiary alicyclic amines) is 1. The maximum absolute atomic E-state index is 8.88. The van der Waals surface area contributed by atoms with Crippen LogP contribution in [0.2, 0.25) is 0 Å². The Hall–Kier alpha value is -1.00. The standard InChI is InChI=1S/C12H19N3O/c1-10-8-13-9-14-12(10)11-2-4-15(5-3-11)6-7-16/h8-9,11,16H,2-7H2,1H3. The van der Waals surface area contributed by atoms with Gasteiger partial charge in [-0.3, -0.25) is 0 Å². The fourth-order valence-electron chi connectivity index (χ4n) is 2.41. The first kappa shape index (κ1) is 11.5. The van der Waals surface area contributed by atoms with Crippen molar-refractivity contribution in [2.75, 3.05) is 26.2 Å². The molecule has 1 aromatic heterocycles. The average molecular weight is 221 g/mol. The van der Waals surface area contributed by atoms with E-state index in [1.54, 1.807) is 6.33 Å². The zero-order chi connectivity index (χ0) is 11.4. The molecule has 1 aromatic rings. The van der Waals surface area contributed by atoms with Gasteiger partial charge in [-0.05, 0) is 38.4 Å². The Balaban J connectivity index is 1.96. The first-order valence-electron chi connectivity index (χ1n) is 5.91. The topological polar surface area (TPSA) is 49.2 Å². The molecule has 1 aliphatic heterocycles. The molecular formula is C12H19N3O. The van der Waals surface area contributed by atoms with Crippen molar-refractivity contribution in [3.05, 3.63) is 23.8 Å². The molecule has 1 saturated heterocycles. The third kappa shape index (κ3) is 2.57. The van der Waals surface area contributed by atoms with Crippen LogP contribution in [-0.2, 0) is 0 Å². The van der Waals surface area contributed by atoms with E-state index in [9.17, 15) is 0 Å². The van der Waals surface area contributed by atoms with Crippen LogP contribution in [0.5, 0.6) is 0 Å². The molecule has 0 saturated carbocycles. The second-order valence-electron chi connectivity index (χ2n) is 4.43. The summed E-state index contributed by atoms with van der Waals surface area (Å²) in [6, 6.07) is 0. The van der Waals surface area contributed by atoms with Gasteiger partial charge in [0.1, 0.15) is 6.33 Å². The van der Waals surface area contributed by atoms with Crippen LogP contribution in [0.15, 0.2) is 12.5 Å². The highest BCUT2D eigenvalue weighted by Crippen LogP contribution is 2.27. The fraction of sp³-hybridized carbons (Fsp3) is 0.667. The zero-order valence-electron chi connectivity index (χ0n) is 9.76. The Morgan fingerprint density at radius 3 is 2.81 bits per heavy atom. The molecule has 0 amide bonds. The quantitative estimate of drug-likeness (QED) is 0.826. The molecule has 4 nitrogen and oxygen atoms in total. The molecule has 0 spiro atoms. The maximum atomic E-state index is 8.88. The van der Waals surface area contributed by atoms with E-state index in [2.05, 4.69) is 21.8 Å². The SMILES string of the molecule is Cc1cncnc1C1CCN(CCO)CC1. The average Bonchev–Trinajstić information content (AvgIpc) is 2.31. The van der Waals surface area contributed by atoms with Crippen molar-refractivity contribution in [3.63, 3.8) is 0 Å². The molecule has 1 N–H and O–H groups in total. The molecule has 0 atom stereocenters. The Morgan fingerprint density at radius 1 is 1.44 bits per heavy atom. The van der Waals surface area contributed by atoms with E-state index < -0.39 is 0 Å². The van der Waals surface area contributed by atoms with E-state index in [0.717, 1.165) is 32.5 Å². The number of β-amino-alcohol motifs (C(OH)–C–C–N with tert-alkyl or cyclic N) is 1.